The zero-order valence-electron chi connectivity index (χ0n) is 14.2. The third-order valence-electron chi connectivity index (χ3n) is 4.84. The lowest BCUT2D eigenvalue weighted by molar-refractivity contribution is -0.115. The third kappa shape index (κ3) is 3.39. The van der Waals surface area contributed by atoms with Crippen LogP contribution in [0.2, 0.25) is 0 Å². The minimum atomic E-state index is -0.000762. The average molecular weight is 314 g/mol. The lowest BCUT2D eigenvalue weighted by atomic mass is 9.90. The Morgan fingerprint density at radius 2 is 2.13 bits per heavy atom. The van der Waals surface area contributed by atoms with Gasteiger partial charge in [-0.25, -0.2) is 4.98 Å². The Labute approximate surface area is 137 Å². The summed E-state index contributed by atoms with van der Waals surface area (Å²) in [4.78, 5) is 22.1. The van der Waals surface area contributed by atoms with Gasteiger partial charge in [0.1, 0.15) is 5.82 Å². The maximum absolute atomic E-state index is 11.6. The monoisotopic (exact) mass is 314 g/mol. The second-order valence-corrected chi connectivity index (χ2v) is 6.64. The maximum atomic E-state index is 11.6. The van der Waals surface area contributed by atoms with E-state index in [0.717, 1.165) is 24.1 Å². The van der Waals surface area contributed by atoms with Crippen molar-refractivity contribution in [1.82, 2.24) is 14.9 Å². The molecule has 2 aromatic rings. The lowest BCUT2D eigenvalue weighted by Crippen LogP contribution is -2.37. The standard InChI is InChI=1S/C18H26N4O/c1-4-17(23)20-16-6-5-15-18(21-16)14(11-19-15)13-7-9-22(10-8-13)12(2)3/h5-6,11-13,19H,4,7-10H2,1-3H3,(H,20,21,23). The molecule has 3 rings (SSSR count). The molecule has 0 atom stereocenters. The van der Waals surface area contributed by atoms with Crippen LogP contribution in [0.15, 0.2) is 18.3 Å². The second-order valence-electron chi connectivity index (χ2n) is 6.64. The quantitative estimate of drug-likeness (QED) is 0.908. The molecule has 1 aliphatic rings. The molecular weight excluding hydrogens is 288 g/mol. The summed E-state index contributed by atoms with van der Waals surface area (Å²) in [6.45, 7) is 8.65. The summed E-state index contributed by atoms with van der Waals surface area (Å²) in [6, 6.07) is 4.48. The Bertz CT molecular complexity index is 683. The topological polar surface area (TPSA) is 61.0 Å². The highest BCUT2D eigenvalue weighted by Crippen LogP contribution is 2.33. The summed E-state index contributed by atoms with van der Waals surface area (Å²) in [5.74, 6) is 1.19. The molecular formula is C18H26N4O. The Balaban J connectivity index is 1.81. The number of hydrogen-bond acceptors (Lipinski definition) is 3. The minimum absolute atomic E-state index is 0.000762. The number of carbonyl (C=O) groups is 1. The fourth-order valence-electron chi connectivity index (χ4n) is 3.36. The van der Waals surface area contributed by atoms with Gasteiger partial charge in [-0.3, -0.25) is 4.79 Å². The van der Waals surface area contributed by atoms with Gasteiger partial charge in [-0.2, -0.15) is 0 Å². The Hall–Kier alpha value is -1.88. The van der Waals surface area contributed by atoms with E-state index in [1.54, 1.807) is 0 Å². The van der Waals surface area contributed by atoms with Crippen molar-refractivity contribution in [1.29, 1.82) is 0 Å². The molecule has 1 amide bonds. The van der Waals surface area contributed by atoms with E-state index in [-0.39, 0.29) is 5.91 Å². The van der Waals surface area contributed by atoms with Gasteiger partial charge < -0.3 is 15.2 Å². The molecule has 2 N–H and O–H groups in total. The smallest absolute Gasteiger partial charge is 0.225 e. The van der Waals surface area contributed by atoms with Crippen LogP contribution in [-0.2, 0) is 4.79 Å². The van der Waals surface area contributed by atoms with Gasteiger partial charge in [-0.15, -0.1) is 0 Å². The first-order valence-corrected chi connectivity index (χ1v) is 8.60. The number of anilines is 1. The molecule has 0 saturated carbocycles. The normalized spacial score (nSPS) is 17.0. The van der Waals surface area contributed by atoms with Crippen LogP contribution < -0.4 is 5.32 Å². The number of nitrogens with one attached hydrogen (secondary N) is 2. The van der Waals surface area contributed by atoms with E-state index < -0.39 is 0 Å². The number of hydrogen-bond donors (Lipinski definition) is 2. The van der Waals surface area contributed by atoms with E-state index in [9.17, 15) is 4.79 Å². The van der Waals surface area contributed by atoms with Crippen molar-refractivity contribution in [2.75, 3.05) is 18.4 Å². The number of pyridine rings is 1. The van der Waals surface area contributed by atoms with E-state index in [1.165, 1.54) is 18.4 Å². The SMILES string of the molecule is CCC(=O)Nc1ccc2[nH]cc(C3CCN(C(C)C)CC3)c2n1. The van der Waals surface area contributed by atoms with E-state index in [4.69, 9.17) is 0 Å². The van der Waals surface area contributed by atoms with Crippen molar-refractivity contribution in [2.24, 2.45) is 0 Å². The molecule has 0 aliphatic carbocycles. The molecule has 5 nitrogen and oxygen atoms in total. The van der Waals surface area contributed by atoms with Crippen LogP contribution in [0.3, 0.4) is 0 Å². The van der Waals surface area contributed by atoms with Crippen LogP contribution >= 0.6 is 0 Å². The first-order chi connectivity index (χ1) is 11.1. The number of rotatable bonds is 4. The van der Waals surface area contributed by atoms with Gasteiger partial charge in [0.25, 0.3) is 0 Å². The molecule has 1 saturated heterocycles. The largest absolute Gasteiger partial charge is 0.360 e. The van der Waals surface area contributed by atoms with Crippen molar-refractivity contribution in [3.8, 4) is 0 Å². The molecule has 3 heterocycles. The Morgan fingerprint density at radius 1 is 1.39 bits per heavy atom. The van der Waals surface area contributed by atoms with Crippen LogP contribution in [0, 0.1) is 0 Å². The van der Waals surface area contributed by atoms with Crippen LogP contribution in [0.5, 0.6) is 0 Å². The predicted octanol–water partition coefficient (Wildman–Crippen LogP) is 3.50. The van der Waals surface area contributed by atoms with Gasteiger partial charge in [0, 0.05) is 18.7 Å². The molecule has 0 bridgehead atoms. The van der Waals surface area contributed by atoms with E-state index in [2.05, 4.69) is 40.2 Å². The molecule has 0 radical (unpaired) electrons. The summed E-state index contributed by atoms with van der Waals surface area (Å²) in [6.07, 6.45) is 4.89. The van der Waals surface area contributed by atoms with Gasteiger partial charge >= 0.3 is 0 Å². The highest BCUT2D eigenvalue weighted by molar-refractivity contribution is 5.91. The van der Waals surface area contributed by atoms with E-state index in [0.29, 0.717) is 24.2 Å². The van der Waals surface area contributed by atoms with Crippen molar-refractivity contribution < 1.29 is 4.79 Å². The summed E-state index contributed by atoms with van der Waals surface area (Å²) in [5, 5.41) is 2.85. The molecule has 124 valence electrons. The average Bonchev–Trinajstić information content (AvgIpc) is 2.98. The van der Waals surface area contributed by atoms with Crippen LogP contribution in [0.4, 0.5) is 5.82 Å². The zero-order chi connectivity index (χ0) is 16.4. The Morgan fingerprint density at radius 3 is 2.78 bits per heavy atom. The summed E-state index contributed by atoms with van der Waals surface area (Å²) >= 11 is 0. The number of aromatic amines is 1. The van der Waals surface area contributed by atoms with Gasteiger partial charge in [-0.05, 0) is 63.4 Å². The number of fused-ring (bicyclic) bond motifs is 1. The van der Waals surface area contributed by atoms with Crippen LogP contribution in [-0.4, -0.2) is 39.9 Å². The number of H-pyrrole nitrogens is 1. The molecule has 0 unspecified atom stereocenters. The van der Waals surface area contributed by atoms with E-state index >= 15 is 0 Å². The van der Waals surface area contributed by atoms with Gasteiger partial charge in [0.15, 0.2) is 0 Å². The molecule has 0 aromatic carbocycles. The van der Waals surface area contributed by atoms with Crippen molar-refractivity contribution in [3.05, 3.63) is 23.9 Å². The number of aromatic nitrogens is 2. The first kappa shape index (κ1) is 16.0. The van der Waals surface area contributed by atoms with Crippen LogP contribution in [0.1, 0.15) is 51.5 Å². The van der Waals surface area contributed by atoms with Crippen molar-refractivity contribution in [2.45, 2.75) is 52.0 Å². The lowest BCUT2D eigenvalue weighted by Gasteiger charge is -2.34. The zero-order valence-corrected chi connectivity index (χ0v) is 14.2. The molecule has 0 spiro atoms. The molecule has 23 heavy (non-hydrogen) atoms. The second kappa shape index (κ2) is 6.71. The minimum Gasteiger partial charge on any atom is -0.360 e. The van der Waals surface area contributed by atoms with Gasteiger partial charge in [-0.1, -0.05) is 6.92 Å². The first-order valence-electron chi connectivity index (χ1n) is 8.60. The molecule has 1 aliphatic heterocycles. The number of likely N-dealkylation sites (tertiary alicyclic amines) is 1. The maximum Gasteiger partial charge on any atom is 0.225 e. The predicted molar refractivity (Wildman–Crippen MR) is 93.7 cm³/mol. The van der Waals surface area contributed by atoms with Gasteiger partial charge in [0.2, 0.25) is 5.91 Å². The van der Waals surface area contributed by atoms with Crippen molar-refractivity contribution in [3.63, 3.8) is 0 Å². The molecule has 2 aromatic heterocycles. The summed E-state index contributed by atoms with van der Waals surface area (Å²) in [7, 11) is 0. The third-order valence-corrected chi connectivity index (χ3v) is 4.84. The Kier molecular flexibility index (Phi) is 4.66. The van der Waals surface area contributed by atoms with Gasteiger partial charge in [0.05, 0.1) is 11.0 Å². The van der Waals surface area contributed by atoms with E-state index in [1.807, 2.05) is 19.1 Å². The highest BCUT2D eigenvalue weighted by atomic mass is 16.1. The number of carbonyl (C=O) groups excluding carboxylic acids is 1. The number of nitrogens with zero attached hydrogens (tertiary/aromatic N) is 2. The molecule has 5 heteroatoms. The number of piperidine rings is 1. The van der Waals surface area contributed by atoms with Crippen LogP contribution in [0.25, 0.3) is 11.0 Å². The summed E-state index contributed by atoms with van der Waals surface area (Å²) in [5.41, 5.74) is 3.33. The summed E-state index contributed by atoms with van der Waals surface area (Å²) < 4.78 is 0. The number of amides is 1. The fourth-order valence-corrected chi connectivity index (χ4v) is 3.36. The molecule has 1 fully saturated rings. The highest BCUT2D eigenvalue weighted by Gasteiger charge is 2.24. The fraction of sp³-hybridized carbons (Fsp3) is 0.556. The van der Waals surface area contributed by atoms with Crippen molar-refractivity contribution >= 4 is 22.8 Å².